The summed E-state index contributed by atoms with van der Waals surface area (Å²) in [6.45, 7) is 4.22. The van der Waals surface area contributed by atoms with E-state index in [1.165, 1.54) is 6.42 Å². The Labute approximate surface area is 229 Å². The van der Waals surface area contributed by atoms with Gasteiger partial charge in [0.2, 0.25) is 17.7 Å². The highest BCUT2D eigenvalue weighted by molar-refractivity contribution is 5.93. The second kappa shape index (κ2) is 23.8. The molecule has 11 heteroatoms. The lowest BCUT2D eigenvalue weighted by Gasteiger charge is -2.24. The zero-order chi connectivity index (χ0) is 28.1. The molecule has 224 valence electrons. The van der Waals surface area contributed by atoms with Gasteiger partial charge in [-0.05, 0) is 57.5 Å². The van der Waals surface area contributed by atoms with Crippen LogP contribution in [0.4, 0.5) is 0 Å². The van der Waals surface area contributed by atoms with E-state index in [0.29, 0.717) is 25.8 Å². The van der Waals surface area contributed by atoms with Crippen molar-refractivity contribution in [1.82, 2.24) is 16.0 Å². The van der Waals surface area contributed by atoms with E-state index in [2.05, 4.69) is 16.0 Å². The number of carbonyl (C=O) groups excluding carboxylic acids is 3. The van der Waals surface area contributed by atoms with Gasteiger partial charge in [-0.1, -0.05) is 59.8 Å². The van der Waals surface area contributed by atoms with Gasteiger partial charge in [0.05, 0.1) is 6.61 Å². The number of unbranched alkanes of at least 4 members (excludes halogenated alkanes) is 8. The number of carboxylic acids is 1. The summed E-state index contributed by atoms with van der Waals surface area (Å²) in [5, 5.41) is 26.7. The minimum absolute atomic E-state index is 0. The molecule has 0 aliphatic carbocycles. The molecule has 0 heterocycles. The second-order valence-corrected chi connectivity index (χ2v) is 10.0. The van der Waals surface area contributed by atoms with Crippen LogP contribution in [0.15, 0.2) is 0 Å². The van der Waals surface area contributed by atoms with Crippen LogP contribution in [0, 0.1) is 5.92 Å². The zero-order valence-electron chi connectivity index (χ0n) is 22.8. The van der Waals surface area contributed by atoms with Crippen molar-refractivity contribution in [2.75, 3.05) is 19.7 Å². The van der Waals surface area contributed by atoms with Gasteiger partial charge >= 0.3 is 5.97 Å². The van der Waals surface area contributed by atoms with Gasteiger partial charge in [-0.3, -0.25) is 14.4 Å². The smallest absolute Gasteiger partial charge is 0.326 e. The molecule has 0 bridgehead atoms. The molecule has 0 aliphatic rings. The number of nitrogens with two attached hydrogens (primary N) is 2. The van der Waals surface area contributed by atoms with E-state index in [0.717, 1.165) is 45.1 Å². The second-order valence-electron chi connectivity index (χ2n) is 10.0. The Kier molecular flexibility index (Phi) is 23.8. The third-order valence-electron chi connectivity index (χ3n) is 6.09. The number of hydrogen-bond acceptors (Lipinski definition) is 7. The van der Waals surface area contributed by atoms with E-state index >= 15 is 0 Å². The van der Waals surface area contributed by atoms with Gasteiger partial charge in [0, 0.05) is 6.42 Å². The highest BCUT2D eigenvalue weighted by Crippen LogP contribution is 2.10. The molecule has 0 unspecified atom stereocenters. The van der Waals surface area contributed by atoms with Crippen LogP contribution in [0.1, 0.15) is 105 Å². The lowest BCUT2D eigenvalue weighted by Crippen LogP contribution is -2.56. The minimum Gasteiger partial charge on any atom is -0.480 e. The molecule has 0 radical (unpaired) electrons. The van der Waals surface area contributed by atoms with E-state index in [1.807, 2.05) is 13.8 Å². The summed E-state index contributed by atoms with van der Waals surface area (Å²) in [6, 6.07) is -3.30. The lowest BCUT2D eigenvalue weighted by atomic mass is 10.0. The first-order valence-electron chi connectivity index (χ1n) is 13.8. The third kappa shape index (κ3) is 18.9. The maximum Gasteiger partial charge on any atom is 0.326 e. The molecule has 0 saturated heterocycles. The predicted octanol–water partition coefficient (Wildman–Crippen LogP) is 1.80. The summed E-state index contributed by atoms with van der Waals surface area (Å²) in [5.41, 5.74) is 11.0. The van der Waals surface area contributed by atoms with Crippen molar-refractivity contribution in [3.63, 3.8) is 0 Å². The van der Waals surface area contributed by atoms with Crippen molar-refractivity contribution in [3.8, 4) is 0 Å². The van der Waals surface area contributed by atoms with Crippen molar-refractivity contribution in [2.24, 2.45) is 17.4 Å². The molecular weight excluding hydrogens is 490 g/mol. The highest BCUT2D eigenvalue weighted by atomic mass is 16.4. The number of amides is 3. The molecule has 3 atom stereocenters. The Hall–Kier alpha value is -2.24. The number of carboxylic acid groups (broad SMARTS) is 1. The van der Waals surface area contributed by atoms with E-state index < -0.39 is 42.5 Å². The van der Waals surface area contributed by atoms with Crippen molar-refractivity contribution in [2.45, 2.75) is 123 Å². The first-order valence-corrected chi connectivity index (χ1v) is 13.8. The summed E-state index contributed by atoms with van der Waals surface area (Å²) in [4.78, 5) is 49.4. The summed E-state index contributed by atoms with van der Waals surface area (Å²) in [6.07, 6.45) is 10.2. The molecule has 0 aliphatic heterocycles. The first kappa shape index (κ1) is 37.9. The standard InChI is InChI=1S/C26H51N5O6.CH4/c1-19(2)17-21(26(36)37)31-24(34)20(13-10-12-16-28)30-25(35)22(18-32)29-23(33)14-9-7-5-3-4-6-8-11-15-27;/h19-22,32H,3-18,27-28H2,1-2H3,(H,29,33)(H,30,35)(H,31,34)(H,36,37);1H4/t20-,21-,22-;/m0./s1. The Morgan fingerprint density at radius 1 is 0.684 bits per heavy atom. The molecule has 0 aromatic carbocycles. The number of nitrogens with one attached hydrogen (secondary N) is 3. The summed E-state index contributed by atoms with van der Waals surface area (Å²) >= 11 is 0. The molecule has 0 spiro atoms. The first-order chi connectivity index (χ1) is 17.7. The molecule has 9 N–H and O–H groups in total. The molecule has 0 saturated carbocycles. The predicted molar refractivity (Wildman–Crippen MR) is 150 cm³/mol. The molecule has 3 amide bonds. The lowest BCUT2D eigenvalue weighted by molar-refractivity contribution is -0.143. The normalized spacial score (nSPS) is 13.2. The fourth-order valence-electron chi connectivity index (χ4n) is 3.95. The van der Waals surface area contributed by atoms with Crippen molar-refractivity contribution >= 4 is 23.7 Å². The summed E-state index contributed by atoms with van der Waals surface area (Å²) in [7, 11) is 0. The van der Waals surface area contributed by atoms with E-state index in [9.17, 15) is 29.4 Å². The largest absolute Gasteiger partial charge is 0.480 e. The number of carbonyl (C=O) groups is 4. The Morgan fingerprint density at radius 3 is 1.66 bits per heavy atom. The zero-order valence-corrected chi connectivity index (χ0v) is 22.8. The summed E-state index contributed by atoms with van der Waals surface area (Å²) in [5.74, 6) is -2.77. The SMILES string of the molecule is C.CC(C)C[C@H](NC(=O)[C@H](CCCCN)NC(=O)[C@H](CO)NC(=O)CCCCCCCCCCN)C(=O)O. The van der Waals surface area contributed by atoms with Gasteiger partial charge < -0.3 is 37.6 Å². The molecule has 0 aromatic heterocycles. The van der Waals surface area contributed by atoms with Crippen molar-refractivity contribution in [1.29, 1.82) is 0 Å². The number of aliphatic hydroxyl groups excluding tert-OH is 1. The molecule has 11 nitrogen and oxygen atoms in total. The van der Waals surface area contributed by atoms with Gasteiger partial charge in [-0.15, -0.1) is 0 Å². The average Bonchev–Trinajstić information content (AvgIpc) is 2.84. The number of hydrogen-bond donors (Lipinski definition) is 7. The maximum atomic E-state index is 12.8. The van der Waals surface area contributed by atoms with E-state index in [4.69, 9.17) is 11.5 Å². The van der Waals surface area contributed by atoms with Crippen LogP contribution in [0.5, 0.6) is 0 Å². The number of rotatable bonds is 23. The molecular formula is C27H55N5O6. The molecule has 0 fully saturated rings. The topological polar surface area (TPSA) is 197 Å². The number of aliphatic carboxylic acids is 1. The molecule has 38 heavy (non-hydrogen) atoms. The molecule has 0 aromatic rings. The van der Waals surface area contributed by atoms with Crippen LogP contribution in [-0.2, 0) is 19.2 Å². The van der Waals surface area contributed by atoms with Crippen LogP contribution in [0.2, 0.25) is 0 Å². The minimum atomic E-state index is -1.20. The number of aliphatic hydroxyl groups is 1. The quantitative estimate of drug-likeness (QED) is 0.0943. The fraction of sp³-hybridized carbons (Fsp3) is 0.852. The van der Waals surface area contributed by atoms with Gasteiger partial charge in [0.25, 0.3) is 0 Å². The average molecular weight is 546 g/mol. The van der Waals surface area contributed by atoms with Gasteiger partial charge in [0.15, 0.2) is 0 Å². The monoisotopic (exact) mass is 545 g/mol. The van der Waals surface area contributed by atoms with Crippen molar-refractivity contribution < 1.29 is 29.4 Å². The van der Waals surface area contributed by atoms with Crippen LogP contribution in [-0.4, -0.2) is 71.7 Å². The van der Waals surface area contributed by atoms with Crippen LogP contribution in [0.3, 0.4) is 0 Å². The fourth-order valence-corrected chi connectivity index (χ4v) is 3.95. The summed E-state index contributed by atoms with van der Waals surface area (Å²) < 4.78 is 0. The Balaban J connectivity index is 0. The van der Waals surface area contributed by atoms with Crippen LogP contribution < -0.4 is 27.4 Å². The van der Waals surface area contributed by atoms with Crippen LogP contribution >= 0.6 is 0 Å². The van der Waals surface area contributed by atoms with Crippen molar-refractivity contribution in [3.05, 3.63) is 0 Å². The maximum absolute atomic E-state index is 12.8. The van der Waals surface area contributed by atoms with E-state index in [-0.39, 0.29) is 38.5 Å². The third-order valence-corrected chi connectivity index (χ3v) is 6.09. The van der Waals surface area contributed by atoms with Gasteiger partial charge in [0.1, 0.15) is 18.1 Å². The Morgan fingerprint density at radius 2 is 1.16 bits per heavy atom. The molecule has 0 rings (SSSR count). The van der Waals surface area contributed by atoms with Gasteiger partial charge in [-0.2, -0.15) is 0 Å². The van der Waals surface area contributed by atoms with Crippen LogP contribution in [0.25, 0.3) is 0 Å². The highest BCUT2D eigenvalue weighted by Gasteiger charge is 2.29. The van der Waals surface area contributed by atoms with E-state index in [1.54, 1.807) is 0 Å². The Bertz CT molecular complexity index is 662. The van der Waals surface area contributed by atoms with Gasteiger partial charge in [-0.25, -0.2) is 4.79 Å².